The highest BCUT2D eigenvalue weighted by Crippen LogP contribution is 2.66. The maximum atomic E-state index is 14.6. The Balaban J connectivity index is 0.00000171. The molecule has 8 nitrogen and oxygen atoms in total. The normalized spacial score (nSPS) is 28.0. The zero-order valence-electron chi connectivity index (χ0n) is 28.9. The number of aromatic nitrogens is 3. The first kappa shape index (κ1) is 33.1. The van der Waals surface area contributed by atoms with Crippen LogP contribution in [0.15, 0.2) is 31.0 Å². The zero-order chi connectivity index (χ0) is 34.1. The lowest BCUT2D eigenvalue weighted by Gasteiger charge is -2.32. The van der Waals surface area contributed by atoms with E-state index in [9.17, 15) is 9.50 Å². The molecule has 6 aliphatic rings. The van der Waals surface area contributed by atoms with Crippen molar-refractivity contribution in [3.8, 4) is 28.4 Å². The van der Waals surface area contributed by atoms with Crippen LogP contribution in [0.3, 0.4) is 0 Å². The Hall–Kier alpha value is -3.11. The van der Waals surface area contributed by atoms with Gasteiger partial charge < -0.3 is 19.5 Å². The molecule has 1 aromatic carbocycles. The van der Waals surface area contributed by atoms with E-state index >= 15 is 0 Å². The van der Waals surface area contributed by atoms with Gasteiger partial charge in [0, 0.05) is 47.3 Å². The zero-order valence-corrected chi connectivity index (χ0v) is 29.7. The fraction of sp³-hybridized carbons (Fsp3) is 0.564. The van der Waals surface area contributed by atoms with Crippen molar-refractivity contribution in [3.63, 3.8) is 0 Å². The largest absolute Gasteiger partial charge is 0.461 e. The molecule has 10 heteroatoms. The molecule has 3 aromatic rings. The van der Waals surface area contributed by atoms with E-state index in [4.69, 9.17) is 36.0 Å². The monoisotopic (exact) mass is 687 g/mol. The number of alkyl halides is 1. The Morgan fingerprint density at radius 2 is 1.96 bits per heavy atom. The number of hydrogen-bond acceptors (Lipinski definition) is 8. The van der Waals surface area contributed by atoms with Gasteiger partial charge in [-0.05, 0) is 92.3 Å². The summed E-state index contributed by atoms with van der Waals surface area (Å²) in [7, 11) is 0. The maximum Gasteiger partial charge on any atom is 0.318 e. The van der Waals surface area contributed by atoms with Crippen molar-refractivity contribution in [2.24, 2.45) is 0 Å². The first-order valence-corrected chi connectivity index (χ1v) is 18.5. The predicted molar refractivity (Wildman–Crippen MR) is 191 cm³/mol. The van der Waals surface area contributed by atoms with Gasteiger partial charge in [-0.15, -0.1) is 0 Å². The highest BCUT2D eigenvalue weighted by atomic mass is 35.5. The number of benzene rings is 1. The summed E-state index contributed by atoms with van der Waals surface area (Å²) >= 11 is 6.93. The van der Waals surface area contributed by atoms with Crippen molar-refractivity contribution >= 4 is 23.5 Å². The van der Waals surface area contributed by atoms with E-state index in [0.29, 0.717) is 51.2 Å². The second-order valence-electron chi connectivity index (χ2n) is 15.0. The maximum absolute atomic E-state index is 14.6. The minimum absolute atomic E-state index is 0.251. The van der Waals surface area contributed by atoms with Crippen LogP contribution < -0.4 is 9.64 Å². The predicted octanol–water partition coefficient (Wildman–Crippen LogP) is 7.34. The van der Waals surface area contributed by atoms with Gasteiger partial charge in [-0.2, -0.15) is 9.97 Å². The average Bonchev–Trinajstić information content (AvgIpc) is 4.01. The second-order valence-corrected chi connectivity index (χ2v) is 15.4. The van der Waals surface area contributed by atoms with Crippen LogP contribution in [0, 0.1) is 0 Å². The third kappa shape index (κ3) is 5.47. The molecule has 2 aromatic heterocycles. The van der Waals surface area contributed by atoms with E-state index in [0.717, 1.165) is 95.1 Å². The number of anilines is 1. The molecule has 9 rings (SSSR count). The number of halogens is 2. The summed E-state index contributed by atoms with van der Waals surface area (Å²) < 4.78 is 27.0. The minimum atomic E-state index is -1.06. The van der Waals surface area contributed by atoms with Gasteiger partial charge in [-0.25, -0.2) is 4.39 Å². The summed E-state index contributed by atoms with van der Waals surface area (Å²) in [6, 6.07) is 6.44. The van der Waals surface area contributed by atoms with Gasteiger partial charge in [0.25, 0.3) is 0 Å². The van der Waals surface area contributed by atoms with Crippen molar-refractivity contribution in [3.05, 3.63) is 58.4 Å². The molecule has 49 heavy (non-hydrogen) atoms. The smallest absolute Gasteiger partial charge is 0.318 e. The van der Waals surface area contributed by atoms with E-state index < -0.39 is 11.8 Å². The van der Waals surface area contributed by atoms with E-state index in [-0.39, 0.29) is 17.6 Å². The van der Waals surface area contributed by atoms with Crippen molar-refractivity contribution in [2.75, 3.05) is 50.9 Å². The number of aliphatic hydroxyl groups is 1. The lowest BCUT2D eigenvalue weighted by molar-refractivity contribution is -0.0123. The molecule has 2 saturated carbocycles. The third-order valence-corrected chi connectivity index (χ3v) is 11.7. The van der Waals surface area contributed by atoms with Crippen LogP contribution in [0.4, 0.5) is 10.2 Å². The quantitative estimate of drug-likeness (QED) is 0.276. The van der Waals surface area contributed by atoms with Gasteiger partial charge in [0.15, 0.2) is 0 Å². The summed E-state index contributed by atoms with van der Waals surface area (Å²) in [6.45, 7) is 13.3. The van der Waals surface area contributed by atoms with E-state index in [1.807, 2.05) is 38.3 Å². The Bertz CT molecular complexity index is 1790. The summed E-state index contributed by atoms with van der Waals surface area (Å²) in [4.78, 5) is 19.8. The van der Waals surface area contributed by atoms with Crippen LogP contribution in [-0.2, 0) is 10.2 Å². The van der Waals surface area contributed by atoms with Crippen LogP contribution in [0.1, 0.15) is 94.0 Å². The van der Waals surface area contributed by atoms with Crippen LogP contribution in [0.5, 0.6) is 6.01 Å². The Morgan fingerprint density at radius 1 is 1.14 bits per heavy atom. The SMILES string of the molecule is C=Cc1ccc(Cl)c(C2CC2)c1-c1nccc2c1C1(CC1)c1nc(OC[C@@]34CCCN3C[C@H](F)C4)nc(N3CCOC[C@@](C)(O)C3)c1-2.CC. The fourth-order valence-corrected chi connectivity index (χ4v) is 9.35. The highest BCUT2D eigenvalue weighted by molar-refractivity contribution is 6.32. The number of rotatable bonds is 7. The summed E-state index contributed by atoms with van der Waals surface area (Å²) in [5.74, 6) is 1.16. The Labute approximate surface area is 293 Å². The van der Waals surface area contributed by atoms with Crippen molar-refractivity contribution < 1.29 is 19.0 Å². The average molecular weight is 688 g/mol. The lowest BCUT2D eigenvalue weighted by Crippen LogP contribution is -2.44. The summed E-state index contributed by atoms with van der Waals surface area (Å²) in [5.41, 5.74) is 6.69. The van der Waals surface area contributed by atoms with Gasteiger partial charge >= 0.3 is 6.01 Å². The summed E-state index contributed by atoms with van der Waals surface area (Å²) in [6.07, 6.45) is 9.51. The van der Waals surface area contributed by atoms with Gasteiger partial charge in [-0.1, -0.05) is 44.2 Å². The number of hydrogen-bond donors (Lipinski definition) is 1. The van der Waals surface area contributed by atoms with Crippen LogP contribution >= 0.6 is 11.6 Å². The standard InChI is InChI=1S/C37H41ClFN5O3.C2H6/c1-3-22-7-8-26(38)27(23-5-6-23)28(22)31-30-25(9-13-40-31)29-32(37(30)11-12-37)41-34(42-33(29)43-15-16-46-20-35(2,45)19-43)47-21-36-10-4-14-44(36)18-24(39)17-36;1-2/h3,7-9,13,23-24,45H,1,4-6,10-12,14-21H2,2H3;1-2H3/t24-,35+,36+;/m1./s1. The number of nitrogens with zero attached hydrogens (tertiary/aromatic N) is 5. The van der Waals surface area contributed by atoms with E-state index in [1.54, 1.807) is 6.92 Å². The number of β-amino-alcohol motifs (C(OH)–C–C–N with tert-alkyl or cyclic N) is 1. The van der Waals surface area contributed by atoms with Crippen molar-refractivity contribution in [2.45, 2.75) is 94.4 Å². The molecule has 1 spiro atoms. The van der Waals surface area contributed by atoms with Crippen molar-refractivity contribution in [1.82, 2.24) is 19.9 Å². The van der Waals surface area contributed by atoms with Crippen LogP contribution in [-0.4, -0.2) is 88.3 Å². The molecular weight excluding hydrogens is 641 g/mol. The minimum Gasteiger partial charge on any atom is -0.461 e. The number of ether oxygens (including phenoxy) is 2. The first-order valence-electron chi connectivity index (χ1n) is 18.2. The van der Waals surface area contributed by atoms with Gasteiger partial charge in [0.1, 0.15) is 24.2 Å². The molecule has 260 valence electrons. The van der Waals surface area contributed by atoms with Gasteiger partial charge in [0.2, 0.25) is 0 Å². The molecular formula is C39H47ClFN5O3. The molecule has 5 fully saturated rings. The number of pyridine rings is 1. The van der Waals surface area contributed by atoms with Gasteiger partial charge in [-0.3, -0.25) is 9.88 Å². The molecule has 0 amide bonds. The molecule has 3 atom stereocenters. The Morgan fingerprint density at radius 3 is 2.71 bits per heavy atom. The number of fused-ring (bicyclic) bond motifs is 6. The van der Waals surface area contributed by atoms with Crippen LogP contribution in [0.2, 0.25) is 5.02 Å². The molecule has 0 bridgehead atoms. The van der Waals surface area contributed by atoms with Gasteiger partial charge in [0.05, 0.1) is 36.7 Å². The first-order chi connectivity index (χ1) is 23.7. The topological polar surface area (TPSA) is 83.8 Å². The summed E-state index contributed by atoms with van der Waals surface area (Å²) in [5, 5.41) is 12.0. The third-order valence-electron chi connectivity index (χ3n) is 11.4. The Kier molecular flexibility index (Phi) is 8.29. The second kappa shape index (κ2) is 12.3. The molecule has 5 heterocycles. The molecule has 3 saturated heterocycles. The molecule has 0 unspecified atom stereocenters. The van der Waals surface area contributed by atoms with Crippen molar-refractivity contribution in [1.29, 1.82) is 0 Å². The highest BCUT2D eigenvalue weighted by Gasteiger charge is 2.58. The fourth-order valence-electron chi connectivity index (χ4n) is 9.04. The van der Waals surface area contributed by atoms with E-state index in [1.165, 1.54) is 5.56 Å². The molecule has 3 aliphatic heterocycles. The lowest BCUT2D eigenvalue weighted by atomic mass is 9.87. The van der Waals surface area contributed by atoms with E-state index in [2.05, 4.69) is 22.4 Å². The molecule has 1 N–H and O–H groups in total. The molecule has 0 radical (unpaired) electrons. The van der Waals surface area contributed by atoms with Crippen LogP contribution in [0.25, 0.3) is 28.5 Å². The molecule has 3 aliphatic carbocycles.